The number of benzene rings is 2. The Hall–Kier alpha value is -2.85. The lowest BCUT2D eigenvalue weighted by atomic mass is 10.2. The van der Waals surface area contributed by atoms with Crippen molar-refractivity contribution in [1.82, 2.24) is 4.31 Å². The minimum absolute atomic E-state index is 0.0468. The lowest BCUT2D eigenvalue weighted by molar-refractivity contribution is -0.384. The number of nitro benzene ring substituents is 1. The molecule has 0 spiro atoms. The molecule has 0 amide bonds. The second-order valence-corrected chi connectivity index (χ2v) is 10.0. The van der Waals surface area contributed by atoms with Crippen molar-refractivity contribution in [2.24, 2.45) is 0 Å². The molecule has 0 aliphatic carbocycles. The smallest absolute Gasteiger partial charge is 0.293 e. The molecule has 1 unspecified atom stereocenters. The van der Waals surface area contributed by atoms with Crippen LogP contribution in [-0.2, 0) is 10.0 Å². The summed E-state index contributed by atoms with van der Waals surface area (Å²) in [6.07, 6.45) is 3.26. The van der Waals surface area contributed by atoms with E-state index in [0.29, 0.717) is 43.4 Å². The topological polar surface area (TPSA) is 102 Å². The number of hydrogen-bond donors (Lipinski definition) is 0. The molecule has 0 bridgehead atoms. The van der Waals surface area contributed by atoms with E-state index in [4.69, 9.17) is 9.47 Å². The fraction of sp³-hybridized carbons (Fsp3) is 0.455. The second-order valence-electron chi connectivity index (χ2n) is 8.10. The number of nitro groups is 1. The monoisotopic (exact) mass is 461 g/mol. The highest BCUT2D eigenvalue weighted by molar-refractivity contribution is 7.89. The van der Waals surface area contributed by atoms with Gasteiger partial charge >= 0.3 is 0 Å². The highest BCUT2D eigenvalue weighted by Gasteiger charge is 2.30. The van der Waals surface area contributed by atoms with Crippen molar-refractivity contribution in [1.29, 1.82) is 0 Å². The Labute approximate surface area is 187 Å². The van der Waals surface area contributed by atoms with Crippen LogP contribution in [0.25, 0.3) is 0 Å². The molecular formula is C22H27N3O6S. The second kappa shape index (κ2) is 9.33. The summed E-state index contributed by atoms with van der Waals surface area (Å²) in [5.41, 5.74) is 0.0767. The van der Waals surface area contributed by atoms with Crippen molar-refractivity contribution in [3.05, 3.63) is 52.6 Å². The molecule has 1 fully saturated rings. The third kappa shape index (κ3) is 4.66. The van der Waals surface area contributed by atoms with Gasteiger partial charge < -0.3 is 14.4 Å². The number of nitrogens with zero attached hydrogens (tertiary/aromatic N) is 3. The van der Waals surface area contributed by atoms with Crippen LogP contribution < -0.4 is 14.4 Å². The van der Waals surface area contributed by atoms with Crippen LogP contribution >= 0.6 is 0 Å². The summed E-state index contributed by atoms with van der Waals surface area (Å²) in [5, 5.41) is 11.8. The average molecular weight is 462 g/mol. The third-order valence-corrected chi connectivity index (χ3v) is 7.70. The standard InChI is InChI=1S/C22H27N3O6S/c1-23(15-17-16-30-21-8-4-5-9-22(21)31-17)19-11-10-18(14-20(19)25(26)27)32(28,29)24-12-6-2-3-7-13-24/h4-5,8-11,14,17H,2-3,6-7,12-13,15-16H2,1H3. The Morgan fingerprint density at radius 3 is 2.47 bits per heavy atom. The number of sulfonamides is 1. The first-order valence-corrected chi connectivity index (χ1v) is 12.2. The Morgan fingerprint density at radius 2 is 1.78 bits per heavy atom. The van der Waals surface area contributed by atoms with Crippen molar-refractivity contribution in [3.8, 4) is 11.5 Å². The molecule has 2 aromatic rings. The van der Waals surface area contributed by atoms with Gasteiger partial charge in [0.2, 0.25) is 10.0 Å². The quantitative estimate of drug-likeness (QED) is 0.480. The van der Waals surface area contributed by atoms with Gasteiger partial charge in [-0.1, -0.05) is 25.0 Å². The van der Waals surface area contributed by atoms with Crippen molar-refractivity contribution in [2.75, 3.05) is 38.2 Å². The lowest BCUT2D eigenvalue weighted by Crippen LogP contribution is -2.39. The average Bonchev–Trinajstić information content (AvgIpc) is 3.09. The molecule has 10 heteroatoms. The molecule has 172 valence electrons. The zero-order chi connectivity index (χ0) is 22.7. The summed E-state index contributed by atoms with van der Waals surface area (Å²) in [5.74, 6) is 1.30. The van der Waals surface area contributed by atoms with Gasteiger partial charge in [0.05, 0.1) is 16.4 Å². The van der Waals surface area contributed by atoms with E-state index in [9.17, 15) is 18.5 Å². The number of rotatable bonds is 6. The number of hydrogen-bond acceptors (Lipinski definition) is 7. The highest BCUT2D eigenvalue weighted by atomic mass is 32.2. The lowest BCUT2D eigenvalue weighted by Gasteiger charge is -2.30. The molecule has 0 radical (unpaired) electrons. The minimum atomic E-state index is -3.78. The number of likely N-dealkylation sites (N-methyl/N-ethyl adjacent to an activating group) is 1. The first-order chi connectivity index (χ1) is 15.4. The van der Waals surface area contributed by atoms with E-state index in [0.717, 1.165) is 25.7 Å². The summed E-state index contributed by atoms with van der Waals surface area (Å²) in [6, 6.07) is 11.5. The van der Waals surface area contributed by atoms with E-state index >= 15 is 0 Å². The molecule has 32 heavy (non-hydrogen) atoms. The SMILES string of the molecule is CN(CC1COc2ccccc2O1)c1ccc(S(=O)(=O)N2CCCCCC2)cc1[N+](=O)[O-]. The molecule has 2 heterocycles. The van der Waals surface area contributed by atoms with Gasteiger partial charge in [-0.05, 0) is 37.1 Å². The maximum Gasteiger partial charge on any atom is 0.293 e. The summed E-state index contributed by atoms with van der Waals surface area (Å²) in [6.45, 7) is 1.54. The largest absolute Gasteiger partial charge is 0.486 e. The number of para-hydroxylation sites is 2. The normalized spacial score (nSPS) is 19.2. The van der Waals surface area contributed by atoms with Crippen LogP contribution in [0.4, 0.5) is 11.4 Å². The van der Waals surface area contributed by atoms with E-state index in [2.05, 4.69) is 0 Å². The first kappa shape index (κ1) is 22.3. The molecule has 2 aromatic carbocycles. The van der Waals surface area contributed by atoms with E-state index < -0.39 is 14.9 Å². The van der Waals surface area contributed by atoms with Gasteiger partial charge in [0.1, 0.15) is 12.3 Å². The highest BCUT2D eigenvalue weighted by Crippen LogP contribution is 2.34. The summed E-state index contributed by atoms with van der Waals surface area (Å²) in [7, 11) is -2.06. The van der Waals surface area contributed by atoms with Gasteiger partial charge in [-0.15, -0.1) is 0 Å². The summed E-state index contributed by atoms with van der Waals surface area (Å²) in [4.78, 5) is 12.9. The third-order valence-electron chi connectivity index (χ3n) is 5.80. The van der Waals surface area contributed by atoms with Gasteiger partial charge in [0.25, 0.3) is 5.69 Å². The molecule has 2 aliphatic rings. The van der Waals surface area contributed by atoms with Crippen molar-refractivity contribution in [2.45, 2.75) is 36.7 Å². The van der Waals surface area contributed by atoms with Gasteiger partial charge in [-0.2, -0.15) is 4.31 Å². The maximum absolute atomic E-state index is 13.1. The Kier molecular flexibility index (Phi) is 6.52. The molecule has 0 N–H and O–H groups in total. The Bertz CT molecular complexity index is 1080. The molecular weight excluding hydrogens is 434 g/mol. The van der Waals surface area contributed by atoms with E-state index in [1.807, 2.05) is 24.3 Å². The summed E-state index contributed by atoms with van der Waals surface area (Å²) >= 11 is 0. The molecule has 0 aromatic heterocycles. The van der Waals surface area contributed by atoms with E-state index in [1.54, 1.807) is 11.9 Å². The van der Waals surface area contributed by atoms with E-state index in [-0.39, 0.29) is 16.7 Å². The summed E-state index contributed by atoms with van der Waals surface area (Å²) < 4.78 is 39.3. The molecule has 9 nitrogen and oxygen atoms in total. The van der Waals surface area contributed by atoms with Gasteiger partial charge in [-0.25, -0.2) is 8.42 Å². The molecule has 0 saturated carbocycles. The zero-order valence-corrected chi connectivity index (χ0v) is 18.8. The minimum Gasteiger partial charge on any atom is -0.486 e. The number of ether oxygens (including phenoxy) is 2. The zero-order valence-electron chi connectivity index (χ0n) is 18.0. The van der Waals surface area contributed by atoms with Crippen LogP contribution in [0.15, 0.2) is 47.4 Å². The van der Waals surface area contributed by atoms with Crippen LogP contribution in [0.1, 0.15) is 25.7 Å². The fourth-order valence-corrected chi connectivity index (χ4v) is 5.66. The Balaban J connectivity index is 1.55. The fourth-order valence-electron chi connectivity index (χ4n) is 4.12. The van der Waals surface area contributed by atoms with Crippen LogP contribution in [0.3, 0.4) is 0 Å². The van der Waals surface area contributed by atoms with Crippen molar-refractivity contribution < 1.29 is 22.8 Å². The van der Waals surface area contributed by atoms with Crippen molar-refractivity contribution >= 4 is 21.4 Å². The number of anilines is 1. The van der Waals surface area contributed by atoms with Crippen LogP contribution in [0.2, 0.25) is 0 Å². The van der Waals surface area contributed by atoms with Gasteiger partial charge in [0.15, 0.2) is 17.6 Å². The van der Waals surface area contributed by atoms with Crippen LogP contribution in [0, 0.1) is 10.1 Å². The predicted octanol–water partition coefficient (Wildman–Crippen LogP) is 3.44. The first-order valence-electron chi connectivity index (χ1n) is 10.7. The van der Waals surface area contributed by atoms with Crippen molar-refractivity contribution in [3.63, 3.8) is 0 Å². The van der Waals surface area contributed by atoms with E-state index in [1.165, 1.54) is 22.5 Å². The predicted molar refractivity (Wildman–Crippen MR) is 120 cm³/mol. The molecule has 2 aliphatic heterocycles. The maximum atomic E-state index is 13.1. The van der Waals surface area contributed by atoms with Gasteiger partial charge in [-0.3, -0.25) is 10.1 Å². The molecule has 4 rings (SSSR count). The van der Waals surface area contributed by atoms with Crippen LogP contribution in [-0.4, -0.2) is 57.0 Å². The Morgan fingerprint density at radius 1 is 1.09 bits per heavy atom. The van der Waals surface area contributed by atoms with Gasteiger partial charge in [0, 0.05) is 26.2 Å². The van der Waals surface area contributed by atoms with Crippen LogP contribution in [0.5, 0.6) is 11.5 Å². The molecule has 1 atom stereocenters. The molecule has 1 saturated heterocycles. The number of fused-ring (bicyclic) bond motifs is 1.